The molecule has 0 aliphatic rings. The van der Waals surface area contributed by atoms with Gasteiger partial charge in [0.25, 0.3) is 0 Å². The lowest BCUT2D eigenvalue weighted by atomic mass is 10.1. The van der Waals surface area contributed by atoms with E-state index in [9.17, 15) is 0 Å². The maximum absolute atomic E-state index is 5.84. The van der Waals surface area contributed by atoms with Gasteiger partial charge in [-0.05, 0) is 37.1 Å². The minimum atomic E-state index is 0.726. The maximum atomic E-state index is 5.84. The van der Waals surface area contributed by atoms with E-state index in [0.29, 0.717) is 0 Å². The first-order valence-electron chi connectivity index (χ1n) is 6.85. The fourth-order valence-electron chi connectivity index (χ4n) is 1.95. The van der Waals surface area contributed by atoms with Crippen LogP contribution in [-0.4, -0.2) is 22.3 Å². The standard InChI is InChI=1S/C16H20N2OS/c1-3-15-13(2)16(6-9-18-15)19-10-11-20-12-14-4-7-17-8-5-14/h4-9H,3,10-12H2,1-2H3. The molecule has 0 unspecified atom stereocenters. The third-order valence-electron chi connectivity index (χ3n) is 3.10. The van der Waals surface area contributed by atoms with E-state index in [-0.39, 0.29) is 0 Å². The Bertz CT molecular complexity index is 531. The summed E-state index contributed by atoms with van der Waals surface area (Å²) >= 11 is 1.87. The predicted molar refractivity (Wildman–Crippen MR) is 84.2 cm³/mol. The Labute approximate surface area is 124 Å². The smallest absolute Gasteiger partial charge is 0.125 e. The Morgan fingerprint density at radius 3 is 2.70 bits per heavy atom. The van der Waals surface area contributed by atoms with Crippen LogP contribution in [0.1, 0.15) is 23.7 Å². The van der Waals surface area contributed by atoms with E-state index in [4.69, 9.17) is 4.74 Å². The highest BCUT2D eigenvalue weighted by Crippen LogP contribution is 2.20. The number of pyridine rings is 2. The first-order chi connectivity index (χ1) is 9.81. The van der Waals surface area contributed by atoms with Gasteiger partial charge in [-0.15, -0.1) is 0 Å². The summed E-state index contributed by atoms with van der Waals surface area (Å²) in [4.78, 5) is 8.37. The normalized spacial score (nSPS) is 10.5. The van der Waals surface area contributed by atoms with Gasteiger partial charge in [0.1, 0.15) is 5.75 Å². The highest BCUT2D eigenvalue weighted by atomic mass is 32.2. The van der Waals surface area contributed by atoms with Crippen LogP contribution in [0.3, 0.4) is 0 Å². The molecule has 0 spiro atoms. The van der Waals surface area contributed by atoms with Gasteiger partial charge in [-0.25, -0.2) is 0 Å². The molecule has 2 heterocycles. The number of thioether (sulfide) groups is 1. The van der Waals surface area contributed by atoms with Gasteiger partial charge in [0, 0.05) is 41.4 Å². The Morgan fingerprint density at radius 1 is 1.15 bits per heavy atom. The Kier molecular flexibility index (Phi) is 5.87. The zero-order valence-corrected chi connectivity index (χ0v) is 12.8. The van der Waals surface area contributed by atoms with Crippen molar-refractivity contribution in [2.75, 3.05) is 12.4 Å². The van der Waals surface area contributed by atoms with Gasteiger partial charge in [0.2, 0.25) is 0 Å². The Balaban J connectivity index is 1.74. The molecule has 0 aliphatic heterocycles. The molecule has 0 aliphatic carbocycles. The fraction of sp³-hybridized carbons (Fsp3) is 0.375. The molecule has 3 nitrogen and oxygen atoms in total. The molecule has 20 heavy (non-hydrogen) atoms. The van der Waals surface area contributed by atoms with Crippen molar-refractivity contribution in [1.82, 2.24) is 9.97 Å². The molecule has 2 rings (SSSR count). The van der Waals surface area contributed by atoms with Crippen LogP contribution >= 0.6 is 11.8 Å². The minimum absolute atomic E-state index is 0.726. The van der Waals surface area contributed by atoms with Crippen LogP contribution in [0.4, 0.5) is 0 Å². The van der Waals surface area contributed by atoms with Crippen LogP contribution in [-0.2, 0) is 12.2 Å². The molecule has 0 aromatic carbocycles. The fourth-order valence-corrected chi connectivity index (χ4v) is 2.73. The van der Waals surface area contributed by atoms with Gasteiger partial charge in [-0.3, -0.25) is 9.97 Å². The third-order valence-corrected chi connectivity index (χ3v) is 4.09. The van der Waals surface area contributed by atoms with Gasteiger partial charge in [0.15, 0.2) is 0 Å². The summed E-state index contributed by atoms with van der Waals surface area (Å²) in [5.74, 6) is 2.94. The SMILES string of the molecule is CCc1nccc(OCCSCc2ccncc2)c1C. The maximum Gasteiger partial charge on any atom is 0.125 e. The van der Waals surface area contributed by atoms with Crippen LogP contribution in [0.2, 0.25) is 0 Å². The van der Waals surface area contributed by atoms with Gasteiger partial charge in [0.05, 0.1) is 6.61 Å². The van der Waals surface area contributed by atoms with Gasteiger partial charge in [-0.2, -0.15) is 11.8 Å². The summed E-state index contributed by atoms with van der Waals surface area (Å²) in [6, 6.07) is 6.05. The molecule has 0 radical (unpaired) electrons. The molecule has 0 amide bonds. The molecule has 106 valence electrons. The van der Waals surface area contributed by atoms with E-state index in [1.165, 1.54) is 5.56 Å². The average Bonchev–Trinajstić information content (AvgIpc) is 2.49. The second-order valence-electron chi connectivity index (χ2n) is 4.49. The van der Waals surface area contributed by atoms with Crippen molar-refractivity contribution >= 4 is 11.8 Å². The monoisotopic (exact) mass is 288 g/mol. The Hall–Kier alpha value is -1.55. The molecule has 0 saturated carbocycles. The summed E-state index contributed by atoms with van der Waals surface area (Å²) in [5.41, 5.74) is 3.58. The first-order valence-corrected chi connectivity index (χ1v) is 8.00. The van der Waals surface area contributed by atoms with Gasteiger partial charge >= 0.3 is 0 Å². The van der Waals surface area contributed by atoms with E-state index < -0.39 is 0 Å². The number of hydrogen-bond donors (Lipinski definition) is 0. The number of aryl methyl sites for hydroxylation is 1. The Morgan fingerprint density at radius 2 is 1.95 bits per heavy atom. The third kappa shape index (κ3) is 4.23. The van der Waals surface area contributed by atoms with Gasteiger partial charge < -0.3 is 4.74 Å². The van der Waals surface area contributed by atoms with E-state index in [1.54, 1.807) is 0 Å². The lowest BCUT2D eigenvalue weighted by Crippen LogP contribution is -2.03. The van der Waals surface area contributed by atoms with Crippen molar-refractivity contribution in [3.05, 3.63) is 53.6 Å². The van der Waals surface area contributed by atoms with Crippen molar-refractivity contribution in [3.63, 3.8) is 0 Å². The van der Waals surface area contributed by atoms with Crippen molar-refractivity contribution < 1.29 is 4.74 Å². The summed E-state index contributed by atoms with van der Waals surface area (Å²) in [5, 5.41) is 0. The van der Waals surface area contributed by atoms with Crippen molar-refractivity contribution in [3.8, 4) is 5.75 Å². The molecule has 0 saturated heterocycles. The van der Waals surface area contributed by atoms with E-state index in [2.05, 4.69) is 23.8 Å². The zero-order chi connectivity index (χ0) is 14.2. The molecule has 4 heteroatoms. The number of nitrogens with zero attached hydrogens (tertiary/aromatic N) is 2. The van der Waals surface area contributed by atoms with Crippen LogP contribution in [0, 0.1) is 6.92 Å². The molecule has 0 fully saturated rings. The second-order valence-corrected chi connectivity index (χ2v) is 5.60. The predicted octanol–water partition coefficient (Wildman–Crippen LogP) is 3.66. The summed E-state index contributed by atoms with van der Waals surface area (Å²) < 4.78 is 5.84. The molecular formula is C16H20N2OS. The summed E-state index contributed by atoms with van der Waals surface area (Å²) in [6.07, 6.45) is 6.43. The van der Waals surface area contributed by atoms with E-state index in [1.807, 2.05) is 48.6 Å². The largest absolute Gasteiger partial charge is 0.492 e. The van der Waals surface area contributed by atoms with Crippen molar-refractivity contribution in [2.24, 2.45) is 0 Å². The molecule has 0 N–H and O–H groups in total. The number of ether oxygens (including phenoxy) is 1. The van der Waals surface area contributed by atoms with Crippen molar-refractivity contribution in [1.29, 1.82) is 0 Å². The number of hydrogen-bond acceptors (Lipinski definition) is 4. The molecular weight excluding hydrogens is 268 g/mol. The lowest BCUT2D eigenvalue weighted by molar-refractivity contribution is 0.340. The summed E-state index contributed by atoms with van der Waals surface area (Å²) in [7, 11) is 0. The summed E-state index contributed by atoms with van der Waals surface area (Å²) in [6.45, 7) is 4.92. The highest BCUT2D eigenvalue weighted by molar-refractivity contribution is 7.98. The minimum Gasteiger partial charge on any atom is -0.492 e. The quantitative estimate of drug-likeness (QED) is 0.728. The average molecular weight is 288 g/mol. The van der Waals surface area contributed by atoms with Crippen molar-refractivity contribution in [2.45, 2.75) is 26.0 Å². The second kappa shape index (κ2) is 7.90. The van der Waals surface area contributed by atoms with E-state index >= 15 is 0 Å². The number of rotatable bonds is 7. The zero-order valence-electron chi connectivity index (χ0n) is 12.0. The highest BCUT2D eigenvalue weighted by Gasteiger charge is 2.04. The van der Waals surface area contributed by atoms with Crippen LogP contribution < -0.4 is 4.74 Å². The first kappa shape index (κ1) is 14.9. The number of aromatic nitrogens is 2. The van der Waals surface area contributed by atoms with Crippen LogP contribution in [0.5, 0.6) is 5.75 Å². The van der Waals surface area contributed by atoms with E-state index in [0.717, 1.165) is 41.5 Å². The molecule has 2 aromatic heterocycles. The molecule has 0 atom stereocenters. The van der Waals surface area contributed by atoms with Gasteiger partial charge in [-0.1, -0.05) is 6.92 Å². The molecule has 0 bridgehead atoms. The topological polar surface area (TPSA) is 35.0 Å². The lowest BCUT2D eigenvalue weighted by Gasteiger charge is -2.11. The molecule has 2 aromatic rings. The van der Waals surface area contributed by atoms with Crippen LogP contribution in [0.25, 0.3) is 0 Å². The van der Waals surface area contributed by atoms with Crippen LogP contribution in [0.15, 0.2) is 36.8 Å².